The van der Waals surface area contributed by atoms with Crippen molar-refractivity contribution in [3.8, 4) is 0 Å². The molecular formula is C10H16O3. The van der Waals surface area contributed by atoms with E-state index in [1.807, 2.05) is 0 Å². The molecule has 0 bridgehead atoms. The summed E-state index contributed by atoms with van der Waals surface area (Å²) in [6.07, 6.45) is 5.59. The Labute approximate surface area is 78.4 Å². The highest BCUT2D eigenvalue weighted by Gasteiger charge is 2.31. The summed E-state index contributed by atoms with van der Waals surface area (Å²) < 4.78 is 10.6. The minimum Gasteiger partial charge on any atom is -0.463 e. The van der Waals surface area contributed by atoms with Crippen LogP contribution >= 0.6 is 0 Å². The van der Waals surface area contributed by atoms with E-state index in [-0.39, 0.29) is 18.0 Å². The molecule has 1 aliphatic heterocycles. The average molecular weight is 184 g/mol. The summed E-state index contributed by atoms with van der Waals surface area (Å²) in [7, 11) is 0. The van der Waals surface area contributed by atoms with Crippen LogP contribution in [0, 0.1) is 5.92 Å². The fourth-order valence-electron chi connectivity index (χ4n) is 1.55. The Morgan fingerprint density at radius 3 is 2.77 bits per heavy atom. The van der Waals surface area contributed by atoms with Crippen LogP contribution in [0.3, 0.4) is 0 Å². The normalized spacial score (nSPS) is 28.5. The van der Waals surface area contributed by atoms with Gasteiger partial charge < -0.3 is 9.47 Å². The van der Waals surface area contributed by atoms with E-state index in [0.29, 0.717) is 6.61 Å². The van der Waals surface area contributed by atoms with Gasteiger partial charge in [0.25, 0.3) is 0 Å². The lowest BCUT2D eigenvalue weighted by Gasteiger charge is -2.21. The van der Waals surface area contributed by atoms with E-state index in [1.165, 1.54) is 6.42 Å². The zero-order chi connectivity index (χ0) is 9.10. The van der Waals surface area contributed by atoms with Gasteiger partial charge in [0.15, 0.2) is 0 Å². The zero-order valence-electron chi connectivity index (χ0n) is 7.83. The van der Waals surface area contributed by atoms with Gasteiger partial charge in [-0.25, -0.2) is 0 Å². The highest BCUT2D eigenvalue weighted by molar-refractivity contribution is 5.74. The van der Waals surface area contributed by atoms with Gasteiger partial charge in [-0.1, -0.05) is 0 Å². The molecule has 0 spiro atoms. The smallest absolute Gasteiger partial charge is 0.309 e. The molecule has 74 valence electrons. The van der Waals surface area contributed by atoms with Crippen molar-refractivity contribution in [3.63, 3.8) is 0 Å². The maximum Gasteiger partial charge on any atom is 0.309 e. The third-order valence-corrected chi connectivity index (χ3v) is 2.60. The first-order valence-electron chi connectivity index (χ1n) is 5.14. The lowest BCUT2D eigenvalue weighted by molar-refractivity contribution is -0.150. The number of rotatable bonds is 3. The van der Waals surface area contributed by atoms with E-state index in [1.54, 1.807) is 0 Å². The zero-order valence-corrected chi connectivity index (χ0v) is 7.83. The van der Waals surface area contributed by atoms with Crippen LogP contribution in [-0.2, 0) is 14.3 Å². The second-order valence-corrected chi connectivity index (χ2v) is 3.89. The molecule has 0 radical (unpaired) electrons. The summed E-state index contributed by atoms with van der Waals surface area (Å²) in [5.74, 6) is 0.192. The molecule has 1 atom stereocenters. The van der Waals surface area contributed by atoms with Gasteiger partial charge in [-0.05, 0) is 32.1 Å². The summed E-state index contributed by atoms with van der Waals surface area (Å²) in [6, 6.07) is 0. The molecular weight excluding hydrogens is 168 g/mol. The largest absolute Gasteiger partial charge is 0.463 e. The van der Waals surface area contributed by atoms with Crippen molar-refractivity contribution < 1.29 is 14.3 Å². The van der Waals surface area contributed by atoms with E-state index < -0.39 is 0 Å². The molecule has 2 aliphatic rings. The standard InChI is InChI=1S/C10H16O3/c11-10(8-4-5-8)13-7-9-3-1-2-6-12-9/h8-9H,1-7H2. The molecule has 1 saturated heterocycles. The maximum absolute atomic E-state index is 11.2. The van der Waals surface area contributed by atoms with E-state index in [2.05, 4.69) is 0 Å². The maximum atomic E-state index is 11.2. The summed E-state index contributed by atoms with van der Waals surface area (Å²) in [5.41, 5.74) is 0. The van der Waals surface area contributed by atoms with Gasteiger partial charge in [0.05, 0.1) is 12.0 Å². The second kappa shape index (κ2) is 4.09. The van der Waals surface area contributed by atoms with Crippen LogP contribution in [0.2, 0.25) is 0 Å². The van der Waals surface area contributed by atoms with E-state index in [0.717, 1.165) is 32.3 Å². The highest BCUT2D eigenvalue weighted by Crippen LogP contribution is 2.30. The third kappa shape index (κ3) is 2.69. The van der Waals surface area contributed by atoms with E-state index in [4.69, 9.17) is 9.47 Å². The van der Waals surface area contributed by atoms with Gasteiger partial charge in [0.1, 0.15) is 6.61 Å². The van der Waals surface area contributed by atoms with Gasteiger partial charge in [0, 0.05) is 6.61 Å². The minimum atomic E-state index is -0.0193. The molecule has 2 rings (SSSR count). The topological polar surface area (TPSA) is 35.5 Å². The molecule has 3 nitrogen and oxygen atoms in total. The lowest BCUT2D eigenvalue weighted by atomic mass is 10.1. The summed E-state index contributed by atoms with van der Waals surface area (Å²) in [4.78, 5) is 11.2. The molecule has 0 aromatic carbocycles. The van der Waals surface area contributed by atoms with Crippen LogP contribution in [0.1, 0.15) is 32.1 Å². The van der Waals surface area contributed by atoms with Gasteiger partial charge in [-0.2, -0.15) is 0 Å². The first-order valence-corrected chi connectivity index (χ1v) is 5.14. The van der Waals surface area contributed by atoms with Crippen molar-refractivity contribution in [3.05, 3.63) is 0 Å². The van der Waals surface area contributed by atoms with Gasteiger partial charge in [-0.3, -0.25) is 4.79 Å². The molecule has 1 aliphatic carbocycles. The number of hydrogen-bond donors (Lipinski definition) is 0. The molecule has 1 unspecified atom stereocenters. The number of carbonyl (C=O) groups is 1. The van der Waals surface area contributed by atoms with Gasteiger partial charge >= 0.3 is 5.97 Å². The lowest BCUT2D eigenvalue weighted by Crippen LogP contribution is -2.26. The van der Waals surface area contributed by atoms with Crippen LogP contribution in [0.25, 0.3) is 0 Å². The number of carbonyl (C=O) groups excluding carboxylic acids is 1. The van der Waals surface area contributed by atoms with Crippen molar-refractivity contribution in [2.24, 2.45) is 5.92 Å². The van der Waals surface area contributed by atoms with Crippen LogP contribution in [0.5, 0.6) is 0 Å². The molecule has 0 N–H and O–H groups in total. The van der Waals surface area contributed by atoms with Gasteiger partial charge in [-0.15, -0.1) is 0 Å². The van der Waals surface area contributed by atoms with Crippen LogP contribution < -0.4 is 0 Å². The fraction of sp³-hybridized carbons (Fsp3) is 0.900. The Hall–Kier alpha value is -0.570. The molecule has 1 saturated carbocycles. The molecule has 2 fully saturated rings. The fourth-order valence-corrected chi connectivity index (χ4v) is 1.55. The predicted octanol–water partition coefficient (Wildman–Crippen LogP) is 1.51. The Bertz CT molecular complexity index is 181. The van der Waals surface area contributed by atoms with E-state index >= 15 is 0 Å². The van der Waals surface area contributed by atoms with Crippen molar-refractivity contribution in [1.82, 2.24) is 0 Å². The van der Waals surface area contributed by atoms with Crippen molar-refractivity contribution >= 4 is 5.97 Å². The third-order valence-electron chi connectivity index (χ3n) is 2.60. The van der Waals surface area contributed by atoms with Crippen molar-refractivity contribution in [2.45, 2.75) is 38.2 Å². The summed E-state index contributed by atoms with van der Waals surface area (Å²) >= 11 is 0. The highest BCUT2D eigenvalue weighted by atomic mass is 16.6. The SMILES string of the molecule is O=C(OCC1CCCCO1)C1CC1. The van der Waals surface area contributed by atoms with Crippen LogP contribution in [-0.4, -0.2) is 25.3 Å². The molecule has 3 heteroatoms. The molecule has 1 heterocycles. The Kier molecular flexibility index (Phi) is 2.83. The van der Waals surface area contributed by atoms with Gasteiger partial charge in [0.2, 0.25) is 0 Å². The molecule has 13 heavy (non-hydrogen) atoms. The monoisotopic (exact) mass is 184 g/mol. The van der Waals surface area contributed by atoms with Crippen LogP contribution in [0.4, 0.5) is 0 Å². The average Bonchev–Trinajstić information content (AvgIpc) is 2.99. The van der Waals surface area contributed by atoms with Crippen molar-refractivity contribution in [2.75, 3.05) is 13.2 Å². The Morgan fingerprint density at radius 2 is 2.15 bits per heavy atom. The minimum absolute atomic E-state index is 0.0193. The number of ether oxygens (including phenoxy) is 2. The first-order chi connectivity index (χ1) is 6.36. The Morgan fingerprint density at radius 1 is 1.31 bits per heavy atom. The number of esters is 1. The summed E-state index contributed by atoms with van der Waals surface area (Å²) in [6.45, 7) is 1.29. The quantitative estimate of drug-likeness (QED) is 0.624. The van der Waals surface area contributed by atoms with Crippen molar-refractivity contribution in [1.29, 1.82) is 0 Å². The molecule has 0 aromatic rings. The molecule has 0 amide bonds. The van der Waals surface area contributed by atoms with Crippen LogP contribution in [0.15, 0.2) is 0 Å². The molecule has 0 aromatic heterocycles. The second-order valence-electron chi connectivity index (χ2n) is 3.89. The van der Waals surface area contributed by atoms with E-state index in [9.17, 15) is 4.79 Å². The first kappa shape index (κ1) is 9.00. The Balaban J connectivity index is 1.62. The predicted molar refractivity (Wildman–Crippen MR) is 47.3 cm³/mol. The summed E-state index contributed by atoms with van der Waals surface area (Å²) in [5, 5.41) is 0. The number of hydrogen-bond acceptors (Lipinski definition) is 3.